The number of hydrogen-bond donors (Lipinski definition) is 1. The maximum Gasteiger partial charge on any atom is 0.0634 e. The number of methoxy groups -OCH3 is 1. The van der Waals surface area contributed by atoms with Crippen LogP contribution in [0.2, 0.25) is 0 Å². The predicted molar refractivity (Wildman–Crippen MR) is 66.6 cm³/mol. The lowest BCUT2D eigenvalue weighted by Gasteiger charge is -2.29. The van der Waals surface area contributed by atoms with Crippen LogP contribution in [0.5, 0.6) is 0 Å². The summed E-state index contributed by atoms with van der Waals surface area (Å²) in [5.41, 5.74) is 0.0235. The molecule has 0 aromatic rings. The van der Waals surface area contributed by atoms with Gasteiger partial charge >= 0.3 is 0 Å². The number of rotatable bonds is 4. The molecule has 1 N–H and O–H groups in total. The summed E-state index contributed by atoms with van der Waals surface area (Å²) in [4.78, 5) is 2.65. The van der Waals surface area contributed by atoms with E-state index >= 15 is 0 Å². The Balaban J connectivity index is 1.83. The van der Waals surface area contributed by atoms with Gasteiger partial charge in [-0.05, 0) is 52.1 Å². The molecule has 3 heteroatoms. The van der Waals surface area contributed by atoms with Gasteiger partial charge in [0.1, 0.15) is 0 Å². The van der Waals surface area contributed by atoms with Crippen molar-refractivity contribution in [1.82, 2.24) is 10.2 Å². The van der Waals surface area contributed by atoms with Crippen molar-refractivity contribution in [2.45, 2.75) is 38.8 Å². The van der Waals surface area contributed by atoms with E-state index in [2.05, 4.69) is 31.0 Å². The van der Waals surface area contributed by atoms with Crippen LogP contribution in [0.4, 0.5) is 0 Å². The lowest BCUT2D eigenvalue weighted by molar-refractivity contribution is 0.00619. The summed E-state index contributed by atoms with van der Waals surface area (Å²) in [6.07, 6.45) is 1.13. The van der Waals surface area contributed by atoms with Crippen LogP contribution in [-0.2, 0) is 4.74 Å². The SMILES string of the molecule is COC(C)(C)CCN1CC2CNCC2C1C. The number of ether oxygens (including phenoxy) is 1. The average molecular weight is 226 g/mol. The zero-order valence-corrected chi connectivity index (χ0v) is 11.1. The zero-order chi connectivity index (χ0) is 11.8. The highest BCUT2D eigenvalue weighted by atomic mass is 16.5. The molecule has 2 heterocycles. The van der Waals surface area contributed by atoms with Crippen molar-refractivity contribution in [2.24, 2.45) is 11.8 Å². The van der Waals surface area contributed by atoms with E-state index in [1.54, 1.807) is 0 Å². The van der Waals surface area contributed by atoms with Gasteiger partial charge in [0.05, 0.1) is 5.60 Å². The molecule has 0 aromatic heterocycles. The average Bonchev–Trinajstić information content (AvgIpc) is 2.80. The summed E-state index contributed by atoms with van der Waals surface area (Å²) < 4.78 is 5.49. The molecule has 2 aliphatic rings. The van der Waals surface area contributed by atoms with Crippen molar-refractivity contribution < 1.29 is 4.74 Å². The van der Waals surface area contributed by atoms with Crippen LogP contribution in [-0.4, -0.2) is 49.8 Å². The Hall–Kier alpha value is -0.120. The Morgan fingerprint density at radius 3 is 2.75 bits per heavy atom. The molecule has 0 amide bonds. The molecule has 2 saturated heterocycles. The Bertz CT molecular complexity index is 242. The van der Waals surface area contributed by atoms with Crippen LogP contribution in [0.15, 0.2) is 0 Å². The van der Waals surface area contributed by atoms with E-state index in [1.165, 1.54) is 26.2 Å². The molecule has 94 valence electrons. The Labute approximate surface area is 99.5 Å². The molecule has 2 aliphatic heterocycles. The van der Waals surface area contributed by atoms with Crippen molar-refractivity contribution in [3.05, 3.63) is 0 Å². The van der Waals surface area contributed by atoms with E-state index in [0.29, 0.717) is 0 Å². The smallest absolute Gasteiger partial charge is 0.0634 e. The van der Waals surface area contributed by atoms with Crippen LogP contribution in [0, 0.1) is 11.8 Å². The van der Waals surface area contributed by atoms with E-state index in [0.717, 1.165) is 24.3 Å². The van der Waals surface area contributed by atoms with Crippen LogP contribution in [0.3, 0.4) is 0 Å². The molecule has 2 fully saturated rings. The van der Waals surface area contributed by atoms with Crippen molar-refractivity contribution in [1.29, 1.82) is 0 Å². The Morgan fingerprint density at radius 1 is 1.38 bits per heavy atom. The van der Waals surface area contributed by atoms with Gasteiger partial charge in [0.25, 0.3) is 0 Å². The number of fused-ring (bicyclic) bond motifs is 1. The minimum Gasteiger partial charge on any atom is -0.379 e. The minimum atomic E-state index is 0.0235. The molecule has 3 nitrogen and oxygen atoms in total. The monoisotopic (exact) mass is 226 g/mol. The number of hydrogen-bond acceptors (Lipinski definition) is 3. The molecule has 2 rings (SSSR count). The van der Waals surface area contributed by atoms with Crippen molar-refractivity contribution in [2.75, 3.05) is 33.3 Å². The van der Waals surface area contributed by atoms with E-state index in [1.807, 2.05) is 7.11 Å². The molecule has 3 atom stereocenters. The van der Waals surface area contributed by atoms with Crippen LogP contribution in [0.25, 0.3) is 0 Å². The summed E-state index contributed by atoms with van der Waals surface area (Å²) in [6.45, 7) is 11.6. The van der Waals surface area contributed by atoms with E-state index < -0.39 is 0 Å². The first kappa shape index (κ1) is 12.3. The predicted octanol–water partition coefficient (Wildman–Crippen LogP) is 1.34. The van der Waals surface area contributed by atoms with Crippen LogP contribution in [0.1, 0.15) is 27.2 Å². The van der Waals surface area contributed by atoms with E-state index in [4.69, 9.17) is 4.74 Å². The molecule has 0 aliphatic carbocycles. The minimum absolute atomic E-state index is 0.0235. The highest BCUT2D eigenvalue weighted by molar-refractivity contribution is 4.96. The van der Waals surface area contributed by atoms with Crippen molar-refractivity contribution >= 4 is 0 Å². The first-order chi connectivity index (χ1) is 7.53. The lowest BCUT2D eigenvalue weighted by atomic mass is 9.95. The first-order valence-corrected chi connectivity index (χ1v) is 6.53. The molecule has 16 heavy (non-hydrogen) atoms. The molecule has 0 spiro atoms. The van der Waals surface area contributed by atoms with E-state index in [9.17, 15) is 0 Å². The fraction of sp³-hybridized carbons (Fsp3) is 1.00. The summed E-state index contributed by atoms with van der Waals surface area (Å²) in [7, 11) is 1.81. The Kier molecular flexibility index (Phi) is 3.57. The summed E-state index contributed by atoms with van der Waals surface area (Å²) in [6, 6.07) is 0.743. The summed E-state index contributed by atoms with van der Waals surface area (Å²) in [5, 5.41) is 3.51. The van der Waals surface area contributed by atoms with Crippen molar-refractivity contribution in [3.8, 4) is 0 Å². The second kappa shape index (κ2) is 4.63. The molecular weight excluding hydrogens is 200 g/mol. The highest BCUT2D eigenvalue weighted by Crippen LogP contribution is 2.32. The third-order valence-electron chi connectivity index (χ3n) is 4.61. The lowest BCUT2D eigenvalue weighted by Crippen LogP contribution is -2.37. The van der Waals surface area contributed by atoms with Gasteiger partial charge in [0.15, 0.2) is 0 Å². The topological polar surface area (TPSA) is 24.5 Å². The summed E-state index contributed by atoms with van der Waals surface area (Å²) >= 11 is 0. The fourth-order valence-electron chi connectivity index (χ4n) is 3.07. The number of likely N-dealkylation sites (tertiary alicyclic amines) is 1. The summed E-state index contributed by atoms with van der Waals surface area (Å²) in [5.74, 6) is 1.77. The number of nitrogens with zero attached hydrogens (tertiary/aromatic N) is 1. The third kappa shape index (κ3) is 2.41. The zero-order valence-electron chi connectivity index (χ0n) is 11.1. The van der Waals surface area contributed by atoms with Crippen molar-refractivity contribution in [3.63, 3.8) is 0 Å². The van der Waals surface area contributed by atoms with Crippen LogP contribution < -0.4 is 5.32 Å². The van der Waals surface area contributed by atoms with Gasteiger partial charge in [-0.1, -0.05) is 0 Å². The fourth-order valence-corrected chi connectivity index (χ4v) is 3.07. The highest BCUT2D eigenvalue weighted by Gasteiger charge is 2.41. The largest absolute Gasteiger partial charge is 0.379 e. The van der Waals surface area contributed by atoms with Gasteiger partial charge in [-0.2, -0.15) is 0 Å². The second-order valence-corrected chi connectivity index (χ2v) is 6.03. The maximum atomic E-state index is 5.49. The molecule has 0 aromatic carbocycles. The molecule has 0 saturated carbocycles. The van der Waals surface area contributed by atoms with E-state index in [-0.39, 0.29) is 5.60 Å². The normalized spacial score (nSPS) is 35.6. The van der Waals surface area contributed by atoms with Gasteiger partial charge in [-0.15, -0.1) is 0 Å². The second-order valence-electron chi connectivity index (χ2n) is 6.03. The Morgan fingerprint density at radius 2 is 2.12 bits per heavy atom. The quantitative estimate of drug-likeness (QED) is 0.783. The standard InChI is InChI=1S/C13H26N2O/c1-10-12-8-14-7-11(12)9-15(10)6-5-13(2,3)16-4/h10-12,14H,5-9H2,1-4H3. The van der Waals surface area contributed by atoms with Gasteiger partial charge in [0, 0.05) is 26.2 Å². The van der Waals surface area contributed by atoms with Gasteiger partial charge in [0.2, 0.25) is 0 Å². The first-order valence-electron chi connectivity index (χ1n) is 6.53. The molecule has 3 unspecified atom stereocenters. The molecule has 0 radical (unpaired) electrons. The maximum absolute atomic E-state index is 5.49. The molecule has 0 bridgehead atoms. The van der Waals surface area contributed by atoms with Crippen LogP contribution >= 0.6 is 0 Å². The van der Waals surface area contributed by atoms with Gasteiger partial charge < -0.3 is 10.1 Å². The van der Waals surface area contributed by atoms with Gasteiger partial charge in [-0.3, -0.25) is 4.90 Å². The number of nitrogens with one attached hydrogen (secondary N) is 1. The molecular formula is C13H26N2O. The van der Waals surface area contributed by atoms with Gasteiger partial charge in [-0.25, -0.2) is 0 Å². The third-order valence-corrected chi connectivity index (χ3v) is 4.61.